The van der Waals surface area contributed by atoms with Gasteiger partial charge in [0.1, 0.15) is 0 Å². The Morgan fingerprint density at radius 2 is 1.31 bits per heavy atom. The van der Waals surface area contributed by atoms with Crippen LogP contribution in [0.15, 0.2) is 91.0 Å². The SMILES string of the molecule is CC(C)(C)[Si](OC1CCC(C(O)Cc2ccccc2)C1)(c1ccccc1)c1ccccc1. The number of rotatable bonds is 7. The van der Waals surface area contributed by atoms with Gasteiger partial charge in [-0.05, 0) is 52.6 Å². The molecule has 0 spiro atoms. The molecule has 1 N–H and O–H groups in total. The molecule has 4 rings (SSSR count). The van der Waals surface area contributed by atoms with E-state index in [-0.39, 0.29) is 17.2 Å². The lowest BCUT2D eigenvalue weighted by Crippen LogP contribution is -2.67. The molecule has 3 atom stereocenters. The molecule has 3 aromatic carbocycles. The fourth-order valence-electron chi connectivity index (χ4n) is 5.39. The maximum atomic E-state index is 11.0. The largest absolute Gasteiger partial charge is 0.404 e. The Morgan fingerprint density at radius 1 is 0.812 bits per heavy atom. The van der Waals surface area contributed by atoms with Crippen molar-refractivity contribution in [2.45, 2.75) is 63.7 Å². The van der Waals surface area contributed by atoms with Gasteiger partial charge in [-0.15, -0.1) is 0 Å². The molecular weight excluding hydrogens is 408 g/mol. The van der Waals surface area contributed by atoms with Crippen LogP contribution in [0, 0.1) is 5.92 Å². The molecule has 3 heteroatoms. The lowest BCUT2D eigenvalue weighted by molar-refractivity contribution is 0.0995. The van der Waals surface area contributed by atoms with Gasteiger partial charge in [-0.2, -0.15) is 0 Å². The fourth-order valence-corrected chi connectivity index (χ4v) is 10.1. The van der Waals surface area contributed by atoms with Gasteiger partial charge in [-0.1, -0.05) is 112 Å². The van der Waals surface area contributed by atoms with E-state index < -0.39 is 8.32 Å². The first kappa shape index (κ1) is 23.0. The average molecular weight is 445 g/mol. The maximum absolute atomic E-state index is 11.0. The van der Waals surface area contributed by atoms with Crippen molar-refractivity contribution < 1.29 is 9.53 Å². The Kier molecular flexibility index (Phi) is 6.99. The minimum atomic E-state index is -2.53. The minimum Gasteiger partial charge on any atom is -0.404 e. The summed E-state index contributed by atoms with van der Waals surface area (Å²) in [6.45, 7) is 6.99. The van der Waals surface area contributed by atoms with Crippen molar-refractivity contribution in [2.24, 2.45) is 5.92 Å². The van der Waals surface area contributed by atoms with Crippen LogP contribution in [0.3, 0.4) is 0 Å². The van der Waals surface area contributed by atoms with E-state index in [1.165, 1.54) is 15.9 Å². The Labute approximate surface area is 194 Å². The molecule has 0 saturated heterocycles. The van der Waals surface area contributed by atoms with Gasteiger partial charge in [-0.25, -0.2) is 0 Å². The smallest absolute Gasteiger partial charge is 0.261 e. The normalized spacial score (nSPS) is 20.2. The molecule has 2 nitrogen and oxygen atoms in total. The predicted octanol–water partition coefficient (Wildman–Crippen LogP) is 5.34. The predicted molar refractivity (Wildman–Crippen MR) is 136 cm³/mol. The maximum Gasteiger partial charge on any atom is 0.261 e. The summed E-state index contributed by atoms with van der Waals surface area (Å²) in [5.74, 6) is 0.290. The van der Waals surface area contributed by atoms with Gasteiger partial charge in [0.2, 0.25) is 0 Å². The second-order valence-corrected chi connectivity index (χ2v) is 14.5. The van der Waals surface area contributed by atoms with Gasteiger partial charge >= 0.3 is 0 Å². The van der Waals surface area contributed by atoms with Crippen molar-refractivity contribution >= 4 is 18.7 Å². The lowest BCUT2D eigenvalue weighted by atomic mass is 9.95. The zero-order chi connectivity index (χ0) is 22.6. The lowest BCUT2D eigenvalue weighted by Gasteiger charge is -2.44. The van der Waals surface area contributed by atoms with E-state index in [2.05, 4.69) is 93.6 Å². The fraction of sp³-hybridized carbons (Fsp3) is 0.379. The van der Waals surface area contributed by atoms with Gasteiger partial charge in [0, 0.05) is 6.10 Å². The highest BCUT2D eigenvalue weighted by molar-refractivity contribution is 6.99. The van der Waals surface area contributed by atoms with Crippen LogP contribution >= 0.6 is 0 Å². The number of hydrogen-bond donors (Lipinski definition) is 1. The molecule has 1 aliphatic carbocycles. The van der Waals surface area contributed by atoms with Crippen molar-refractivity contribution in [2.75, 3.05) is 0 Å². The molecule has 0 bridgehead atoms. The first-order valence-corrected chi connectivity index (χ1v) is 13.8. The van der Waals surface area contributed by atoms with Crippen molar-refractivity contribution in [1.29, 1.82) is 0 Å². The van der Waals surface area contributed by atoms with Crippen LogP contribution in [0.5, 0.6) is 0 Å². The molecule has 32 heavy (non-hydrogen) atoms. The monoisotopic (exact) mass is 444 g/mol. The van der Waals surface area contributed by atoms with Crippen molar-refractivity contribution in [3.63, 3.8) is 0 Å². The third-order valence-electron chi connectivity index (χ3n) is 7.02. The van der Waals surface area contributed by atoms with E-state index in [1.807, 2.05) is 18.2 Å². The Morgan fingerprint density at radius 3 is 1.81 bits per heavy atom. The van der Waals surface area contributed by atoms with Gasteiger partial charge in [0.15, 0.2) is 0 Å². The number of benzene rings is 3. The molecule has 1 fully saturated rings. The third kappa shape index (κ3) is 4.75. The van der Waals surface area contributed by atoms with Crippen LogP contribution < -0.4 is 10.4 Å². The zero-order valence-corrected chi connectivity index (χ0v) is 20.6. The summed E-state index contributed by atoms with van der Waals surface area (Å²) in [6, 6.07) is 32.0. The number of aliphatic hydroxyl groups excluding tert-OH is 1. The van der Waals surface area contributed by atoms with Crippen molar-refractivity contribution in [3.8, 4) is 0 Å². The Hall–Kier alpha value is -2.20. The molecule has 0 aliphatic heterocycles. The van der Waals surface area contributed by atoms with Crippen LogP contribution in [0.25, 0.3) is 0 Å². The highest BCUT2D eigenvalue weighted by Gasteiger charge is 2.52. The molecule has 0 heterocycles. The average Bonchev–Trinajstić information content (AvgIpc) is 3.27. The van der Waals surface area contributed by atoms with Crippen LogP contribution in [-0.2, 0) is 10.8 Å². The minimum absolute atomic E-state index is 0.0174. The molecule has 0 aromatic heterocycles. The first-order valence-electron chi connectivity index (χ1n) is 11.9. The summed E-state index contributed by atoms with van der Waals surface area (Å²) < 4.78 is 7.29. The van der Waals surface area contributed by atoms with E-state index >= 15 is 0 Å². The van der Waals surface area contributed by atoms with Gasteiger partial charge < -0.3 is 9.53 Å². The molecule has 1 saturated carbocycles. The number of hydrogen-bond acceptors (Lipinski definition) is 2. The zero-order valence-electron chi connectivity index (χ0n) is 19.6. The van der Waals surface area contributed by atoms with Crippen LogP contribution in [0.4, 0.5) is 0 Å². The molecule has 3 aromatic rings. The summed E-state index contributed by atoms with van der Waals surface area (Å²) >= 11 is 0. The highest BCUT2D eigenvalue weighted by Crippen LogP contribution is 2.41. The molecule has 1 aliphatic rings. The van der Waals surface area contributed by atoms with E-state index in [4.69, 9.17) is 4.43 Å². The summed E-state index contributed by atoms with van der Waals surface area (Å²) in [4.78, 5) is 0. The molecular formula is C29H36O2Si. The van der Waals surface area contributed by atoms with E-state index in [0.717, 1.165) is 25.7 Å². The van der Waals surface area contributed by atoms with Crippen molar-refractivity contribution in [3.05, 3.63) is 96.6 Å². The highest BCUT2D eigenvalue weighted by atomic mass is 28.4. The molecule has 0 amide bonds. The second-order valence-electron chi connectivity index (χ2n) is 10.2. The number of aliphatic hydroxyl groups is 1. The molecule has 3 unspecified atom stereocenters. The van der Waals surface area contributed by atoms with Crippen LogP contribution in [-0.4, -0.2) is 25.6 Å². The van der Waals surface area contributed by atoms with E-state index in [1.54, 1.807) is 0 Å². The van der Waals surface area contributed by atoms with Crippen LogP contribution in [0.2, 0.25) is 5.04 Å². The standard InChI is InChI=1S/C29H36O2Si/c1-29(2,3)32(26-15-9-5-10-16-26,27-17-11-6-12-18-27)31-25-20-19-24(22-25)28(30)21-23-13-7-4-8-14-23/h4-18,24-25,28,30H,19-22H2,1-3H3. The summed E-state index contributed by atoms with van der Waals surface area (Å²) in [5, 5.41) is 13.6. The Balaban J connectivity index is 1.60. The first-order chi connectivity index (χ1) is 15.4. The molecule has 0 radical (unpaired) electrons. The quantitative estimate of drug-likeness (QED) is 0.499. The van der Waals surface area contributed by atoms with Crippen LogP contribution in [0.1, 0.15) is 45.6 Å². The topological polar surface area (TPSA) is 29.5 Å². The Bertz CT molecular complexity index is 927. The molecule has 168 valence electrons. The second kappa shape index (κ2) is 9.74. The summed E-state index contributed by atoms with van der Waals surface area (Å²) in [7, 11) is -2.53. The summed E-state index contributed by atoms with van der Waals surface area (Å²) in [6.07, 6.45) is 3.55. The van der Waals surface area contributed by atoms with Crippen molar-refractivity contribution in [1.82, 2.24) is 0 Å². The van der Waals surface area contributed by atoms with E-state index in [0.29, 0.717) is 5.92 Å². The van der Waals surface area contributed by atoms with Gasteiger partial charge in [0.05, 0.1) is 6.10 Å². The van der Waals surface area contributed by atoms with Gasteiger partial charge in [-0.3, -0.25) is 0 Å². The third-order valence-corrected chi connectivity index (χ3v) is 12.1. The van der Waals surface area contributed by atoms with E-state index in [9.17, 15) is 5.11 Å². The summed E-state index contributed by atoms with van der Waals surface area (Å²) in [5.41, 5.74) is 1.20. The van der Waals surface area contributed by atoms with Gasteiger partial charge in [0.25, 0.3) is 8.32 Å².